The van der Waals surface area contributed by atoms with Crippen LogP contribution in [-0.4, -0.2) is 68.7 Å². The second kappa shape index (κ2) is 8.56. The summed E-state index contributed by atoms with van der Waals surface area (Å²) in [5.74, 6) is -2.36. The fourth-order valence-corrected chi connectivity index (χ4v) is 4.29. The van der Waals surface area contributed by atoms with E-state index in [9.17, 15) is 22.4 Å². The highest BCUT2D eigenvalue weighted by Gasteiger charge is 2.29. The lowest BCUT2D eigenvalue weighted by molar-refractivity contribution is -0.139. The van der Waals surface area contributed by atoms with Gasteiger partial charge < -0.3 is 15.2 Å². The lowest BCUT2D eigenvalue weighted by Gasteiger charge is -2.27. The molecule has 144 valence electrons. The fourth-order valence-electron chi connectivity index (χ4n) is 2.56. The Morgan fingerprint density at radius 2 is 2.00 bits per heavy atom. The van der Waals surface area contributed by atoms with Gasteiger partial charge in [0.15, 0.2) is 6.04 Å². The molecule has 26 heavy (non-hydrogen) atoms. The summed E-state index contributed by atoms with van der Waals surface area (Å²) < 4.78 is 45.0. The van der Waals surface area contributed by atoms with Gasteiger partial charge in [-0.25, -0.2) is 17.6 Å². The van der Waals surface area contributed by atoms with Crippen LogP contribution in [0.5, 0.6) is 0 Å². The van der Waals surface area contributed by atoms with Gasteiger partial charge in [-0.1, -0.05) is 13.0 Å². The van der Waals surface area contributed by atoms with Crippen LogP contribution in [0.4, 0.5) is 4.39 Å². The van der Waals surface area contributed by atoms with E-state index in [-0.39, 0.29) is 36.8 Å². The van der Waals surface area contributed by atoms with Crippen LogP contribution in [0, 0.1) is 0 Å². The number of ether oxygens (including phenoxy) is 1. The van der Waals surface area contributed by atoms with Gasteiger partial charge in [-0.05, 0) is 24.1 Å². The minimum Gasteiger partial charge on any atom is -0.480 e. The number of nitrogens with one attached hydrogen (secondary N) is 1. The van der Waals surface area contributed by atoms with Crippen LogP contribution >= 0.6 is 0 Å². The lowest BCUT2D eigenvalue weighted by Crippen LogP contribution is -2.42. The van der Waals surface area contributed by atoms with Crippen LogP contribution in [0.1, 0.15) is 22.8 Å². The molecule has 1 heterocycles. The number of carboxylic acid groups (broad SMARTS) is 1. The maximum absolute atomic E-state index is 12.9. The molecule has 0 aromatic heterocycles. The van der Waals surface area contributed by atoms with E-state index in [2.05, 4.69) is 0 Å². The third-order valence-corrected chi connectivity index (χ3v) is 6.04. The van der Waals surface area contributed by atoms with Crippen molar-refractivity contribution in [1.82, 2.24) is 9.62 Å². The molecule has 0 spiro atoms. The van der Waals surface area contributed by atoms with Crippen LogP contribution in [0.15, 0.2) is 23.1 Å². The number of carbonyl (C=O) groups is 2. The number of alkyl halides is 1. The van der Waals surface area contributed by atoms with Crippen molar-refractivity contribution in [2.24, 2.45) is 0 Å². The van der Waals surface area contributed by atoms with Gasteiger partial charge in [-0.3, -0.25) is 4.79 Å². The van der Waals surface area contributed by atoms with Gasteiger partial charge in [0.25, 0.3) is 5.91 Å². The van der Waals surface area contributed by atoms with Gasteiger partial charge in [0.05, 0.1) is 18.1 Å². The molecule has 1 unspecified atom stereocenters. The van der Waals surface area contributed by atoms with Crippen LogP contribution in [0.2, 0.25) is 0 Å². The first kappa shape index (κ1) is 20.3. The summed E-state index contributed by atoms with van der Waals surface area (Å²) in [5, 5.41) is 10.9. The van der Waals surface area contributed by atoms with Gasteiger partial charge in [-0.2, -0.15) is 4.31 Å². The Morgan fingerprint density at radius 3 is 2.54 bits per heavy atom. The third kappa shape index (κ3) is 4.37. The van der Waals surface area contributed by atoms with Crippen LogP contribution in [0.3, 0.4) is 0 Å². The molecule has 2 N–H and O–H groups in total. The van der Waals surface area contributed by atoms with E-state index in [0.29, 0.717) is 12.0 Å². The predicted octanol–water partition coefficient (Wildman–Crippen LogP) is 0.422. The Balaban J connectivity index is 2.36. The number of hydrogen-bond acceptors (Lipinski definition) is 5. The number of rotatable bonds is 7. The third-order valence-electron chi connectivity index (χ3n) is 4.06. The molecule has 10 heteroatoms. The summed E-state index contributed by atoms with van der Waals surface area (Å²) in [6.45, 7) is 1.52. The number of benzene rings is 1. The van der Waals surface area contributed by atoms with E-state index in [1.165, 1.54) is 22.5 Å². The highest BCUT2D eigenvalue weighted by atomic mass is 32.2. The Kier molecular flexibility index (Phi) is 6.68. The van der Waals surface area contributed by atoms with Gasteiger partial charge in [0.1, 0.15) is 6.67 Å². The van der Waals surface area contributed by atoms with Gasteiger partial charge in [0.2, 0.25) is 10.0 Å². The highest BCUT2D eigenvalue weighted by molar-refractivity contribution is 7.89. The molecule has 1 aliphatic rings. The van der Waals surface area contributed by atoms with Crippen molar-refractivity contribution in [3.05, 3.63) is 29.3 Å². The van der Waals surface area contributed by atoms with Crippen LogP contribution in [-0.2, 0) is 26.0 Å². The van der Waals surface area contributed by atoms with Crippen molar-refractivity contribution in [1.29, 1.82) is 0 Å². The average molecular weight is 388 g/mol. The zero-order valence-electron chi connectivity index (χ0n) is 14.3. The largest absolute Gasteiger partial charge is 0.480 e. The van der Waals surface area contributed by atoms with E-state index >= 15 is 0 Å². The first-order chi connectivity index (χ1) is 12.3. The average Bonchev–Trinajstić information content (AvgIpc) is 2.65. The first-order valence-corrected chi connectivity index (χ1v) is 9.55. The van der Waals surface area contributed by atoms with Crippen molar-refractivity contribution < 1.29 is 32.2 Å². The molecular weight excluding hydrogens is 367 g/mol. The molecule has 0 saturated carbocycles. The van der Waals surface area contributed by atoms with Crippen LogP contribution < -0.4 is 5.32 Å². The molecule has 1 atom stereocenters. The Labute approximate surface area is 151 Å². The second-order valence-corrected chi connectivity index (χ2v) is 7.62. The summed E-state index contributed by atoms with van der Waals surface area (Å²) in [6, 6.07) is 2.42. The summed E-state index contributed by atoms with van der Waals surface area (Å²) in [7, 11) is -3.83. The number of amides is 1. The number of morpholine rings is 1. The van der Waals surface area contributed by atoms with Crippen molar-refractivity contribution in [2.75, 3.05) is 33.0 Å². The maximum Gasteiger partial charge on any atom is 0.328 e. The highest BCUT2D eigenvalue weighted by Crippen LogP contribution is 2.23. The van der Waals surface area contributed by atoms with Crippen molar-refractivity contribution in [3.8, 4) is 0 Å². The van der Waals surface area contributed by atoms with Crippen LogP contribution in [0.25, 0.3) is 0 Å². The molecule has 2 rings (SSSR count). The predicted molar refractivity (Wildman–Crippen MR) is 90.3 cm³/mol. The number of hydrogen-bond donors (Lipinski definition) is 2. The molecule has 1 aromatic rings. The number of halogens is 1. The standard InChI is InChI=1S/C16H21FN2O6S/c1-2-11-3-4-12(15(20)18-13(10-17)16(21)22)9-14(11)26(23,24)19-5-7-25-8-6-19/h3-4,9,13H,2,5-8,10H2,1H3,(H,18,20)(H,21,22). The quantitative estimate of drug-likeness (QED) is 0.700. The van der Waals surface area contributed by atoms with E-state index in [4.69, 9.17) is 9.84 Å². The summed E-state index contributed by atoms with van der Waals surface area (Å²) in [6.07, 6.45) is 0.434. The Morgan fingerprint density at radius 1 is 1.35 bits per heavy atom. The van der Waals surface area contributed by atoms with Gasteiger partial charge >= 0.3 is 5.97 Å². The van der Waals surface area contributed by atoms with Crippen molar-refractivity contribution >= 4 is 21.9 Å². The zero-order chi connectivity index (χ0) is 19.3. The lowest BCUT2D eigenvalue weighted by atomic mass is 10.1. The number of carboxylic acids is 1. The molecule has 1 aliphatic heterocycles. The molecular formula is C16H21FN2O6S. The number of sulfonamides is 1. The van der Waals surface area contributed by atoms with Gasteiger partial charge in [-0.15, -0.1) is 0 Å². The molecule has 1 fully saturated rings. The van der Waals surface area contributed by atoms with Crippen molar-refractivity contribution in [3.63, 3.8) is 0 Å². The van der Waals surface area contributed by atoms with E-state index in [0.717, 1.165) is 0 Å². The zero-order valence-corrected chi connectivity index (χ0v) is 15.1. The number of carbonyl (C=O) groups excluding carboxylic acids is 1. The smallest absolute Gasteiger partial charge is 0.328 e. The fraction of sp³-hybridized carbons (Fsp3) is 0.500. The van der Waals surface area contributed by atoms with E-state index in [1.54, 1.807) is 6.92 Å². The molecule has 1 aromatic carbocycles. The summed E-state index contributed by atoms with van der Waals surface area (Å²) in [5.41, 5.74) is 0.488. The summed E-state index contributed by atoms with van der Waals surface area (Å²) in [4.78, 5) is 23.1. The van der Waals surface area contributed by atoms with E-state index in [1.807, 2.05) is 5.32 Å². The molecule has 1 saturated heterocycles. The molecule has 0 aliphatic carbocycles. The molecule has 0 radical (unpaired) electrons. The minimum atomic E-state index is -3.83. The van der Waals surface area contributed by atoms with Crippen molar-refractivity contribution in [2.45, 2.75) is 24.3 Å². The normalized spacial score (nSPS) is 16.8. The number of nitrogens with zero attached hydrogens (tertiary/aromatic N) is 1. The Bertz CT molecular complexity index is 777. The Hall–Kier alpha value is -2.04. The SMILES string of the molecule is CCc1ccc(C(=O)NC(CF)C(=O)O)cc1S(=O)(=O)N1CCOCC1. The van der Waals surface area contributed by atoms with E-state index < -0.39 is 34.6 Å². The molecule has 1 amide bonds. The van der Waals surface area contributed by atoms with Gasteiger partial charge in [0, 0.05) is 18.7 Å². The molecule has 8 nitrogen and oxygen atoms in total. The topological polar surface area (TPSA) is 113 Å². The second-order valence-electron chi connectivity index (χ2n) is 5.71. The minimum absolute atomic E-state index is 0.0123. The summed E-state index contributed by atoms with van der Waals surface area (Å²) >= 11 is 0. The number of aryl methyl sites for hydroxylation is 1. The monoisotopic (exact) mass is 388 g/mol. The first-order valence-electron chi connectivity index (χ1n) is 8.11. The number of aliphatic carboxylic acids is 1. The molecule has 0 bridgehead atoms. The maximum atomic E-state index is 12.9.